The van der Waals surface area contributed by atoms with Gasteiger partial charge in [-0.2, -0.15) is 0 Å². The Hall–Kier alpha value is -4.04. The summed E-state index contributed by atoms with van der Waals surface area (Å²) in [5.41, 5.74) is 2.69. The van der Waals surface area contributed by atoms with Crippen molar-refractivity contribution in [3.05, 3.63) is 65.2 Å². The molecule has 0 fully saturated rings. The average Bonchev–Trinajstić information content (AvgIpc) is 3.03. The lowest BCUT2D eigenvalue weighted by atomic mass is 10.1. The van der Waals surface area contributed by atoms with Crippen molar-refractivity contribution in [2.45, 2.75) is 32.2 Å². The fourth-order valence-corrected chi connectivity index (χ4v) is 4.04. The third-order valence-corrected chi connectivity index (χ3v) is 6.43. The third kappa shape index (κ3) is 17.1. The summed E-state index contributed by atoms with van der Waals surface area (Å²) in [5, 5.41) is 20.2. The van der Waals surface area contributed by atoms with Crippen LogP contribution in [0.1, 0.15) is 23.1 Å². The molecule has 0 aliphatic carbocycles. The quantitative estimate of drug-likeness (QED) is 0.109. The normalized spacial score (nSPS) is 11.4. The number of phenolic OH excluding ortho intramolecular Hbond substituents is 1. The molecule has 0 saturated carbocycles. The van der Waals surface area contributed by atoms with Crippen molar-refractivity contribution in [3.8, 4) is 5.75 Å². The molecular weight excluding hydrogens is 584 g/mol. The van der Waals surface area contributed by atoms with E-state index in [9.17, 15) is 24.3 Å². The molecule has 0 aliphatic rings. The highest BCUT2D eigenvalue weighted by Gasteiger charge is 2.20. The number of likely N-dealkylation sites (N-methyl/N-ethyl adjacent to an activating group) is 1. The van der Waals surface area contributed by atoms with E-state index in [4.69, 9.17) is 18.9 Å². The molecule has 1 atom stereocenters. The van der Waals surface area contributed by atoms with Crippen molar-refractivity contribution in [1.82, 2.24) is 21.3 Å². The van der Waals surface area contributed by atoms with Gasteiger partial charge in [0.1, 0.15) is 25.0 Å². The van der Waals surface area contributed by atoms with Gasteiger partial charge in [-0.15, -0.1) is 0 Å². The smallest absolute Gasteiger partial charge is 0.246 e. The number of hydrogen-bond acceptors (Lipinski definition) is 9. The second-order valence-corrected chi connectivity index (χ2v) is 10.1. The summed E-state index contributed by atoms with van der Waals surface area (Å²) in [6.07, 6.45) is 1.29. The van der Waals surface area contributed by atoms with Gasteiger partial charge < -0.3 is 45.3 Å². The summed E-state index contributed by atoms with van der Waals surface area (Å²) in [5.74, 6) is -1.03. The van der Waals surface area contributed by atoms with Gasteiger partial charge in [-0.3, -0.25) is 19.2 Å². The molecule has 13 heteroatoms. The zero-order valence-corrected chi connectivity index (χ0v) is 26.1. The Labute approximate surface area is 264 Å². The number of rotatable bonds is 23. The van der Waals surface area contributed by atoms with Crippen molar-refractivity contribution in [2.75, 3.05) is 73.0 Å². The number of carbonyl (C=O) groups excluding carboxylic acids is 4. The number of aromatic hydroxyl groups is 1. The molecule has 13 nitrogen and oxygen atoms in total. The van der Waals surface area contributed by atoms with Crippen LogP contribution in [-0.4, -0.2) is 108 Å². The van der Waals surface area contributed by atoms with Gasteiger partial charge in [0.15, 0.2) is 0 Å². The largest absolute Gasteiger partial charge is 0.508 e. The molecule has 2 rings (SSSR count). The minimum absolute atomic E-state index is 0.0591. The van der Waals surface area contributed by atoms with Gasteiger partial charge in [0.2, 0.25) is 23.6 Å². The molecule has 45 heavy (non-hydrogen) atoms. The van der Waals surface area contributed by atoms with E-state index < -0.39 is 17.9 Å². The summed E-state index contributed by atoms with van der Waals surface area (Å²) in [6.45, 7) is 3.99. The van der Waals surface area contributed by atoms with Crippen molar-refractivity contribution in [1.29, 1.82) is 0 Å². The highest BCUT2D eigenvalue weighted by Crippen LogP contribution is 2.17. The van der Waals surface area contributed by atoms with E-state index in [0.717, 1.165) is 16.7 Å². The van der Waals surface area contributed by atoms with E-state index in [0.29, 0.717) is 58.8 Å². The number of hydrogen-bond donors (Lipinski definition) is 5. The lowest BCUT2D eigenvalue weighted by Crippen LogP contribution is -2.48. The Kier molecular flexibility index (Phi) is 18.5. The zero-order chi connectivity index (χ0) is 32.7. The highest BCUT2D eigenvalue weighted by atomic mass is 16.5. The van der Waals surface area contributed by atoms with Gasteiger partial charge in [0.05, 0.1) is 39.6 Å². The summed E-state index contributed by atoms with van der Waals surface area (Å²) in [7, 11) is 1.50. The van der Waals surface area contributed by atoms with Crippen molar-refractivity contribution in [2.24, 2.45) is 0 Å². The highest BCUT2D eigenvalue weighted by molar-refractivity contribution is 5.88. The van der Waals surface area contributed by atoms with Crippen LogP contribution in [0.5, 0.6) is 5.75 Å². The molecule has 0 bridgehead atoms. The lowest BCUT2D eigenvalue weighted by Gasteiger charge is -2.17. The van der Waals surface area contributed by atoms with E-state index in [2.05, 4.69) is 21.3 Å². The van der Waals surface area contributed by atoms with Gasteiger partial charge in [-0.1, -0.05) is 42.5 Å². The number of ether oxygens (including phenoxy) is 4. The first-order valence-electron chi connectivity index (χ1n) is 15.0. The van der Waals surface area contributed by atoms with Crippen LogP contribution in [0, 0.1) is 6.92 Å². The van der Waals surface area contributed by atoms with Crippen molar-refractivity contribution >= 4 is 23.6 Å². The van der Waals surface area contributed by atoms with Gasteiger partial charge in [0, 0.05) is 33.0 Å². The summed E-state index contributed by atoms with van der Waals surface area (Å²) in [4.78, 5) is 48.2. The molecule has 248 valence electrons. The minimum atomic E-state index is -0.755. The molecule has 0 unspecified atom stereocenters. The van der Waals surface area contributed by atoms with Gasteiger partial charge in [0.25, 0.3) is 0 Å². The Morgan fingerprint density at radius 1 is 0.733 bits per heavy atom. The Balaban J connectivity index is 1.38. The fourth-order valence-electron chi connectivity index (χ4n) is 4.04. The van der Waals surface area contributed by atoms with Crippen LogP contribution in [0.15, 0.2) is 48.5 Å². The second kappa shape index (κ2) is 22.5. The van der Waals surface area contributed by atoms with Crippen molar-refractivity contribution in [3.63, 3.8) is 0 Å². The minimum Gasteiger partial charge on any atom is -0.508 e. The van der Waals surface area contributed by atoms with Crippen LogP contribution in [0.4, 0.5) is 0 Å². The van der Waals surface area contributed by atoms with E-state index in [-0.39, 0.29) is 43.9 Å². The molecule has 0 saturated heterocycles. The molecule has 0 spiro atoms. The average molecular weight is 631 g/mol. The summed E-state index contributed by atoms with van der Waals surface area (Å²) in [6, 6.07) is 13.9. The SMILES string of the molecule is CNC(=O)[C@H](Cc1ccccc1)NC(=O)COCC(=O)NCCOCCOCCOCCNC(=O)CCc1ccc(O)c(C)c1. The first-order chi connectivity index (χ1) is 21.8. The molecule has 5 N–H and O–H groups in total. The van der Waals surface area contributed by atoms with Crippen molar-refractivity contribution < 1.29 is 43.2 Å². The standard InChI is InChI=1S/C32H46N4O9/c1-24-20-26(8-10-28(24)37)9-11-29(38)34-12-14-42-16-18-44-19-17-43-15-13-35-30(39)22-45-23-31(40)36-27(32(41)33-2)21-25-6-4-3-5-7-25/h3-8,10,20,27,37H,9,11-19,21-23H2,1-2H3,(H,33,41)(H,34,38)(H,35,39)(H,36,40)/t27-/m0/s1. The van der Waals surface area contributed by atoms with E-state index in [1.54, 1.807) is 6.07 Å². The summed E-state index contributed by atoms with van der Waals surface area (Å²) >= 11 is 0. The second-order valence-electron chi connectivity index (χ2n) is 10.1. The molecule has 0 aliphatic heterocycles. The number of aryl methyl sites for hydroxylation is 2. The van der Waals surface area contributed by atoms with Crippen LogP contribution < -0.4 is 21.3 Å². The van der Waals surface area contributed by atoms with Gasteiger partial charge in [-0.05, 0) is 36.1 Å². The zero-order valence-electron chi connectivity index (χ0n) is 26.1. The Morgan fingerprint density at radius 3 is 1.96 bits per heavy atom. The van der Waals surface area contributed by atoms with Crippen LogP contribution in [0.25, 0.3) is 0 Å². The fraction of sp³-hybridized carbons (Fsp3) is 0.500. The van der Waals surface area contributed by atoms with Crippen LogP contribution in [0.3, 0.4) is 0 Å². The van der Waals surface area contributed by atoms with Crippen LogP contribution >= 0.6 is 0 Å². The molecule has 0 radical (unpaired) electrons. The molecule has 0 heterocycles. The topological polar surface area (TPSA) is 174 Å². The summed E-state index contributed by atoms with van der Waals surface area (Å²) < 4.78 is 21.4. The molecule has 2 aromatic carbocycles. The monoisotopic (exact) mass is 630 g/mol. The first kappa shape index (κ1) is 37.1. The maximum absolute atomic E-state index is 12.2. The lowest BCUT2D eigenvalue weighted by molar-refractivity contribution is -0.134. The number of nitrogens with one attached hydrogen (secondary N) is 4. The molecule has 4 amide bonds. The molecule has 0 aromatic heterocycles. The van der Waals surface area contributed by atoms with Crippen LogP contribution in [-0.2, 0) is 51.0 Å². The van der Waals surface area contributed by atoms with E-state index in [1.807, 2.05) is 49.4 Å². The molecular formula is C32H46N4O9. The predicted molar refractivity (Wildman–Crippen MR) is 167 cm³/mol. The maximum Gasteiger partial charge on any atom is 0.246 e. The molecule has 2 aromatic rings. The Morgan fingerprint density at radius 2 is 1.33 bits per heavy atom. The van der Waals surface area contributed by atoms with E-state index in [1.165, 1.54) is 7.05 Å². The third-order valence-electron chi connectivity index (χ3n) is 6.43. The number of phenols is 1. The van der Waals surface area contributed by atoms with Gasteiger partial charge >= 0.3 is 0 Å². The number of amides is 4. The maximum atomic E-state index is 12.2. The predicted octanol–water partition coefficient (Wildman–Crippen LogP) is 0.406. The number of benzene rings is 2. The first-order valence-corrected chi connectivity index (χ1v) is 15.0. The Bertz CT molecular complexity index is 1180. The van der Waals surface area contributed by atoms with Gasteiger partial charge in [-0.25, -0.2) is 0 Å². The van der Waals surface area contributed by atoms with E-state index >= 15 is 0 Å². The van der Waals surface area contributed by atoms with Crippen LogP contribution in [0.2, 0.25) is 0 Å². The number of carbonyl (C=O) groups is 4.